The molecule has 3 aromatic rings. The highest BCUT2D eigenvalue weighted by Gasteiger charge is 2.34. The van der Waals surface area contributed by atoms with Gasteiger partial charge >= 0.3 is 0 Å². The smallest absolute Gasteiger partial charge is 0.274 e. The van der Waals surface area contributed by atoms with Crippen molar-refractivity contribution >= 4 is 29.3 Å². The van der Waals surface area contributed by atoms with Gasteiger partial charge in [0.25, 0.3) is 11.5 Å². The Labute approximate surface area is 282 Å². The van der Waals surface area contributed by atoms with Crippen molar-refractivity contribution in [3.8, 4) is 0 Å². The average molecular weight is 657 g/mol. The normalized spacial score (nSPS) is 20.6. The van der Waals surface area contributed by atoms with Gasteiger partial charge in [0, 0.05) is 47.4 Å². The van der Waals surface area contributed by atoms with E-state index in [1.807, 2.05) is 42.1 Å². The summed E-state index contributed by atoms with van der Waals surface area (Å²) in [7, 11) is 0. The Morgan fingerprint density at radius 2 is 1.81 bits per heavy atom. The van der Waals surface area contributed by atoms with E-state index in [4.69, 9.17) is 0 Å². The van der Waals surface area contributed by atoms with Crippen LogP contribution < -0.4 is 21.1 Å². The molecule has 1 aliphatic carbocycles. The zero-order chi connectivity index (χ0) is 33.1. The molecule has 2 aromatic carbocycles. The van der Waals surface area contributed by atoms with Crippen LogP contribution in [0.4, 0.5) is 5.69 Å². The van der Waals surface area contributed by atoms with Gasteiger partial charge in [0.15, 0.2) is 0 Å². The van der Waals surface area contributed by atoms with Gasteiger partial charge in [-0.1, -0.05) is 76.1 Å². The molecule has 1 aromatic heterocycles. The molecule has 2 aliphatic heterocycles. The van der Waals surface area contributed by atoms with E-state index in [0.29, 0.717) is 37.9 Å². The lowest BCUT2D eigenvalue weighted by Crippen LogP contribution is -2.50. The number of benzene rings is 2. The first-order chi connectivity index (χ1) is 22.6. The molecule has 8 nitrogen and oxygen atoms in total. The molecule has 47 heavy (non-hydrogen) atoms. The summed E-state index contributed by atoms with van der Waals surface area (Å²) in [4.78, 5) is 43.2. The molecule has 3 atom stereocenters. The third-order valence-corrected chi connectivity index (χ3v) is 11.3. The first kappa shape index (κ1) is 33.5. The zero-order valence-corrected chi connectivity index (χ0v) is 28.7. The van der Waals surface area contributed by atoms with Gasteiger partial charge in [-0.05, 0) is 67.3 Å². The van der Waals surface area contributed by atoms with Crippen LogP contribution in [-0.2, 0) is 17.6 Å². The van der Waals surface area contributed by atoms with Gasteiger partial charge in [-0.3, -0.25) is 14.4 Å². The molecule has 3 heterocycles. The number of hydrogen-bond acceptors (Lipinski definition) is 6. The monoisotopic (exact) mass is 656 g/mol. The van der Waals surface area contributed by atoms with Crippen LogP contribution in [0.2, 0.25) is 0 Å². The molecule has 0 radical (unpaired) electrons. The second kappa shape index (κ2) is 14.4. The van der Waals surface area contributed by atoms with Crippen molar-refractivity contribution in [1.82, 2.24) is 15.2 Å². The summed E-state index contributed by atoms with van der Waals surface area (Å²) in [5.41, 5.74) is 3.95. The van der Waals surface area contributed by atoms with E-state index in [0.717, 1.165) is 44.1 Å². The highest BCUT2D eigenvalue weighted by atomic mass is 32.2. The molecule has 1 saturated heterocycles. The number of nitrogens with zero attached hydrogens (tertiary/aromatic N) is 2. The van der Waals surface area contributed by atoms with Crippen molar-refractivity contribution in [2.45, 2.75) is 112 Å². The number of fused-ring (bicyclic) bond motifs is 1. The second-order valence-electron chi connectivity index (χ2n) is 14.0. The maximum absolute atomic E-state index is 14.0. The van der Waals surface area contributed by atoms with E-state index in [2.05, 4.69) is 49.6 Å². The number of hydrogen-bond donors (Lipinski definition) is 3. The van der Waals surface area contributed by atoms with Gasteiger partial charge in [-0.2, -0.15) is 0 Å². The molecule has 3 N–H and O–H groups in total. The van der Waals surface area contributed by atoms with Gasteiger partial charge < -0.3 is 25.2 Å². The fourth-order valence-electron chi connectivity index (χ4n) is 7.38. The van der Waals surface area contributed by atoms with Crippen molar-refractivity contribution in [2.24, 2.45) is 0 Å². The third-order valence-electron chi connectivity index (χ3n) is 9.96. The van der Waals surface area contributed by atoms with Crippen LogP contribution in [-0.4, -0.2) is 51.5 Å². The maximum atomic E-state index is 14.0. The predicted molar refractivity (Wildman–Crippen MR) is 188 cm³/mol. The van der Waals surface area contributed by atoms with E-state index in [-0.39, 0.29) is 39.9 Å². The molecular weight excluding hydrogens is 609 g/mol. The summed E-state index contributed by atoms with van der Waals surface area (Å²) >= 11 is 1.90. The summed E-state index contributed by atoms with van der Waals surface area (Å²) < 4.78 is 1.72. The lowest BCUT2D eigenvalue weighted by molar-refractivity contribution is -0.117. The number of carbonyl (C=O) groups is 2. The molecule has 6 rings (SSSR count). The van der Waals surface area contributed by atoms with Crippen LogP contribution in [0.1, 0.15) is 105 Å². The quantitative estimate of drug-likeness (QED) is 0.236. The van der Waals surface area contributed by atoms with E-state index in [1.54, 1.807) is 16.8 Å². The number of aliphatic hydroxyl groups excluding tert-OH is 1. The number of pyridine rings is 1. The Hall–Kier alpha value is -3.40. The van der Waals surface area contributed by atoms with Crippen LogP contribution in [0.3, 0.4) is 0 Å². The number of anilines is 1. The van der Waals surface area contributed by atoms with E-state index in [9.17, 15) is 19.5 Å². The standard InChI is InChI=1S/C38H48N4O4S/c1-4-25-16-17-34-29(19-25)31(22-38(2,3)47-34)39-23-33(43)30(20-26-11-6-5-7-12-26)40-36(45)27-21-32(41-18-10-15-35(41)44)37(46)42(24-27)28-13-8-9-14-28/h5-7,11-12,16-17,19,21,24,28,30-31,33,39,43H,4,8-10,13-15,18,20,22-23H2,1-3H3,(H,40,45)/t30-,31-,33+/m0/s1. The molecule has 2 fully saturated rings. The van der Waals surface area contributed by atoms with Crippen LogP contribution in [0, 0.1) is 0 Å². The molecule has 9 heteroatoms. The summed E-state index contributed by atoms with van der Waals surface area (Å²) in [5.74, 6) is -0.448. The van der Waals surface area contributed by atoms with Gasteiger partial charge in [-0.15, -0.1) is 11.8 Å². The molecule has 250 valence electrons. The Bertz CT molecular complexity index is 1650. The largest absolute Gasteiger partial charge is 0.390 e. The van der Waals surface area contributed by atoms with E-state index in [1.165, 1.54) is 20.9 Å². The number of aliphatic hydroxyl groups is 1. The maximum Gasteiger partial charge on any atom is 0.274 e. The summed E-state index contributed by atoms with van der Waals surface area (Å²) in [6.45, 7) is 7.45. The van der Waals surface area contributed by atoms with Crippen molar-refractivity contribution in [3.05, 3.63) is 93.4 Å². The van der Waals surface area contributed by atoms with Gasteiger partial charge in [-0.25, -0.2) is 0 Å². The summed E-state index contributed by atoms with van der Waals surface area (Å²) in [6, 6.07) is 17.6. The first-order valence-corrected chi connectivity index (χ1v) is 18.1. The van der Waals surface area contributed by atoms with Crippen molar-refractivity contribution in [1.29, 1.82) is 0 Å². The van der Waals surface area contributed by atoms with Gasteiger partial charge in [0.05, 0.1) is 17.7 Å². The Kier molecular flexibility index (Phi) is 10.2. The van der Waals surface area contributed by atoms with Crippen molar-refractivity contribution in [2.75, 3.05) is 18.0 Å². The molecular formula is C38H48N4O4S. The highest BCUT2D eigenvalue weighted by molar-refractivity contribution is 8.00. The molecule has 1 saturated carbocycles. The van der Waals surface area contributed by atoms with Crippen LogP contribution in [0.25, 0.3) is 0 Å². The molecule has 0 spiro atoms. The predicted octanol–water partition coefficient (Wildman–Crippen LogP) is 5.96. The molecule has 2 amide bonds. The Balaban J connectivity index is 1.26. The third kappa shape index (κ3) is 7.68. The van der Waals surface area contributed by atoms with Gasteiger partial charge in [0.1, 0.15) is 5.69 Å². The van der Waals surface area contributed by atoms with Gasteiger partial charge in [0.2, 0.25) is 5.91 Å². The summed E-state index contributed by atoms with van der Waals surface area (Å²) in [6.07, 6.45) is 8.01. The number of amides is 2. The average Bonchev–Trinajstić information content (AvgIpc) is 3.75. The van der Waals surface area contributed by atoms with Crippen molar-refractivity contribution in [3.63, 3.8) is 0 Å². The fourth-order valence-corrected chi connectivity index (χ4v) is 8.68. The van der Waals surface area contributed by atoms with Crippen molar-refractivity contribution < 1.29 is 14.7 Å². The van der Waals surface area contributed by atoms with E-state index >= 15 is 0 Å². The lowest BCUT2D eigenvalue weighted by atomic mass is 9.93. The minimum Gasteiger partial charge on any atom is -0.390 e. The minimum atomic E-state index is -0.880. The van der Waals surface area contributed by atoms with E-state index < -0.39 is 12.1 Å². The number of carbonyl (C=O) groups excluding carboxylic acids is 2. The fraction of sp³-hybridized carbons (Fsp3) is 0.500. The molecule has 0 bridgehead atoms. The first-order valence-electron chi connectivity index (χ1n) is 17.3. The van der Waals surface area contributed by atoms with Crippen LogP contribution >= 0.6 is 11.8 Å². The number of aromatic nitrogens is 1. The number of rotatable bonds is 11. The SMILES string of the molecule is CCc1ccc2c(c1)[C@@H](NC[C@@H](O)[C@H](Cc1ccccc1)NC(=O)c1cc(N3CCCC3=O)c(=O)n(C3CCCC3)c1)CC(C)(C)S2. The highest BCUT2D eigenvalue weighted by Crippen LogP contribution is 2.47. The molecule has 3 aliphatic rings. The Morgan fingerprint density at radius 3 is 2.51 bits per heavy atom. The lowest BCUT2D eigenvalue weighted by Gasteiger charge is -2.38. The number of aryl methyl sites for hydroxylation is 1. The summed E-state index contributed by atoms with van der Waals surface area (Å²) in [5, 5.41) is 18.5. The zero-order valence-electron chi connectivity index (χ0n) is 27.8. The van der Waals surface area contributed by atoms with Crippen LogP contribution in [0.15, 0.2) is 70.5 Å². The second-order valence-corrected chi connectivity index (χ2v) is 15.8. The number of thioether (sulfide) groups is 1. The minimum absolute atomic E-state index is 0.00983. The molecule has 0 unspecified atom stereocenters. The Morgan fingerprint density at radius 1 is 1.04 bits per heavy atom. The van der Waals surface area contributed by atoms with Crippen LogP contribution in [0.5, 0.6) is 0 Å². The topological polar surface area (TPSA) is 104 Å². The number of nitrogens with one attached hydrogen (secondary N) is 2.